The Labute approximate surface area is 137 Å². The number of aromatic nitrogens is 1. The summed E-state index contributed by atoms with van der Waals surface area (Å²) < 4.78 is 0. The Kier molecular flexibility index (Phi) is 4.14. The van der Waals surface area contributed by atoms with Crippen LogP contribution in [0.25, 0.3) is 10.9 Å². The summed E-state index contributed by atoms with van der Waals surface area (Å²) in [7, 11) is 0. The van der Waals surface area contributed by atoms with E-state index in [0.29, 0.717) is 6.04 Å². The van der Waals surface area contributed by atoms with E-state index < -0.39 is 0 Å². The minimum Gasteiger partial charge on any atom is -0.361 e. The van der Waals surface area contributed by atoms with Crippen LogP contribution < -0.4 is 5.32 Å². The number of aromatic amines is 1. The molecule has 2 aromatic carbocycles. The number of nitrogens with one attached hydrogen (secondary N) is 2. The average Bonchev–Trinajstić information content (AvgIpc) is 3.21. The summed E-state index contributed by atoms with van der Waals surface area (Å²) in [5, 5.41) is 5.06. The van der Waals surface area contributed by atoms with Crippen LogP contribution >= 0.6 is 0 Å². The molecule has 23 heavy (non-hydrogen) atoms. The predicted molar refractivity (Wildman–Crippen MR) is 95.3 cm³/mol. The maximum Gasteiger partial charge on any atom is 0.0457 e. The summed E-state index contributed by atoms with van der Waals surface area (Å²) in [6, 6.07) is 19.9. The zero-order valence-corrected chi connectivity index (χ0v) is 13.3. The van der Waals surface area contributed by atoms with E-state index in [1.54, 1.807) is 0 Å². The van der Waals surface area contributed by atoms with Gasteiger partial charge in [0.1, 0.15) is 0 Å². The van der Waals surface area contributed by atoms with Crippen molar-refractivity contribution >= 4 is 10.9 Å². The molecule has 0 amide bonds. The zero-order chi connectivity index (χ0) is 15.5. The highest BCUT2D eigenvalue weighted by atomic mass is 15.2. The smallest absolute Gasteiger partial charge is 0.0457 e. The van der Waals surface area contributed by atoms with E-state index in [0.717, 1.165) is 19.6 Å². The molecule has 2 heterocycles. The predicted octanol–water partition coefficient (Wildman–Crippen LogP) is 3.53. The number of para-hydroxylation sites is 1. The van der Waals surface area contributed by atoms with Gasteiger partial charge in [-0.15, -0.1) is 0 Å². The molecule has 0 bridgehead atoms. The third-order valence-corrected chi connectivity index (χ3v) is 4.78. The molecule has 1 saturated heterocycles. The van der Waals surface area contributed by atoms with Crippen molar-refractivity contribution in [3.63, 3.8) is 0 Å². The number of hydrogen-bond acceptors (Lipinski definition) is 2. The topological polar surface area (TPSA) is 31.1 Å². The molecule has 3 aromatic rings. The van der Waals surface area contributed by atoms with Crippen LogP contribution in [0, 0.1) is 0 Å². The summed E-state index contributed by atoms with van der Waals surface area (Å²) in [5.74, 6) is 0. The maximum absolute atomic E-state index is 3.73. The van der Waals surface area contributed by atoms with Gasteiger partial charge in [0.15, 0.2) is 0 Å². The van der Waals surface area contributed by atoms with Gasteiger partial charge in [-0.25, -0.2) is 0 Å². The molecule has 3 nitrogen and oxygen atoms in total. The number of likely N-dealkylation sites (tertiary alicyclic amines) is 1. The Morgan fingerprint density at radius 1 is 1.04 bits per heavy atom. The lowest BCUT2D eigenvalue weighted by molar-refractivity contribution is 0.320. The van der Waals surface area contributed by atoms with Crippen molar-refractivity contribution < 1.29 is 0 Å². The van der Waals surface area contributed by atoms with E-state index >= 15 is 0 Å². The summed E-state index contributed by atoms with van der Waals surface area (Å²) >= 11 is 0. The van der Waals surface area contributed by atoms with Gasteiger partial charge in [-0.1, -0.05) is 48.5 Å². The molecule has 1 atom stereocenters. The fourth-order valence-corrected chi connectivity index (χ4v) is 3.52. The van der Waals surface area contributed by atoms with E-state index in [1.165, 1.54) is 35.0 Å². The number of benzene rings is 2. The molecule has 0 spiro atoms. The summed E-state index contributed by atoms with van der Waals surface area (Å²) in [6.07, 6.45) is 3.36. The molecular formula is C20H23N3. The normalized spacial score (nSPS) is 18.7. The second-order valence-corrected chi connectivity index (χ2v) is 6.45. The van der Waals surface area contributed by atoms with Gasteiger partial charge in [0, 0.05) is 49.3 Å². The van der Waals surface area contributed by atoms with Crippen molar-refractivity contribution in [1.82, 2.24) is 15.2 Å². The first-order valence-corrected chi connectivity index (χ1v) is 8.43. The second kappa shape index (κ2) is 6.57. The van der Waals surface area contributed by atoms with E-state index in [9.17, 15) is 0 Å². The molecule has 1 aromatic heterocycles. The van der Waals surface area contributed by atoms with Crippen LogP contribution in [0.4, 0.5) is 0 Å². The fraction of sp³-hybridized carbons (Fsp3) is 0.300. The van der Waals surface area contributed by atoms with Crippen LogP contribution in [0.5, 0.6) is 0 Å². The van der Waals surface area contributed by atoms with Gasteiger partial charge in [-0.05, 0) is 23.6 Å². The average molecular weight is 305 g/mol. The molecular weight excluding hydrogens is 282 g/mol. The number of fused-ring (bicyclic) bond motifs is 1. The Balaban J connectivity index is 1.32. The highest BCUT2D eigenvalue weighted by molar-refractivity contribution is 5.82. The molecule has 0 radical (unpaired) electrons. The van der Waals surface area contributed by atoms with Crippen molar-refractivity contribution in [2.45, 2.75) is 25.6 Å². The van der Waals surface area contributed by atoms with Crippen molar-refractivity contribution in [1.29, 1.82) is 0 Å². The van der Waals surface area contributed by atoms with Gasteiger partial charge in [0.05, 0.1) is 0 Å². The third-order valence-electron chi connectivity index (χ3n) is 4.78. The number of H-pyrrole nitrogens is 1. The van der Waals surface area contributed by atoms with Crippen LogP contribution in [-0.2, 0) is 13.1 Å². The molecule has 0 unspecified atom stereocenters. The Morgan fingerprint density at radius 2 is 1.87 bits per heavy atom. The lowest BCUT2D eigenvalue weighted by atomic mass is 10.1. The first kappa shape index (κ1) is 14.5. The Bertz CT molecular complexity index is 763. The van der Waals surface area contributed by atoms with Crippen molar-refractivity contribution in [3.8, 4) is 0 Å². The lowest BCUT2D eigenvalue weighted by Crippen LogP contribution is -2.31. The summed E-state index contributed by atoms with van der Waals surface area (Å²) in [4.78, 5) is 5.90. The molecule has 1 aliphatic heterocycles. The van der Waals surface area contributed by atoms with Crippen LogP contribution in [0.15, 0.2) is 60.8 Å². The first-order valence-electron chi connectivity index (χ1n) is 8.43. The molecule has 0 saturated carbocycles. The lowest BCUT2D eigenvalue weighted by Gasteiger charge is -2.16. The Morgan fingerprint density at radius 3 is 2.78 bits per heavy atom. The van der Waals surface area contributed by atoms with Gasteiger partial charge < -0.3 is 10.3 Å². The second-order valence-electron chi connectivity index (χ2n) is 6.45. The van der Waals surface area contributed by atoms with Crippen molar-refractivity contribution in [3.05, 3.63) is 71.9 Å². The van der Waals surface area contributed by atoms with Crippen LogP contribution in [-0.4, -0.2) is 29.0 Å². The van der Waals surface area contributed by atoms with Crippen LogP contribution in [0.3, 0.4) is 0 Å². The standard InChI is InChI=1S/C20H23N3/c1-2-6-16(7-3-1)14-23-11-10-18(15-23)21-12-17-13-22-20-9-5-4-8-19(17)20/h1-9,13,18,21-22H,10-12,14-15H2/t18-/m0/s1. The molecule has 1 aliphatic rings. The maximum atomic E-state index is 3.73. The van der Waals surface area contributed by atoms with Gasteiger partial charge in [0.2, 0.25) is 0 Å². The van der Waals surface area contributed by atoms with Gasteiger partial charge in [-0.2, -0.15) is 0 Å². The quantitative estimate of drug-likeness (QED) is 0.755. The molecule has 3 heteroatoms. The van der Waals surface area contributed by atoms with Gasteiger partial charge in [-0.3, -0.25) is 4.90 Å². The number of nitrogens with zero attached hydrogens (tertiary/aromatic N) is 1. The number of rotatable bonds is 5. The third kappa shape index (κ3) is 3.31. The highest BCUT2D eigenvalue weighted by Gasteiger charge is 2.22. The zero-order valence-electron chi connectivity index (χ0n) is 13.3. The van der Waals surface area contributed by atoms with E-state index in [-0.39, 0.29) is 0 Å². The molecule has 1 fully saturated rings. The van der Waals surface area contributed by atoms with Gasteiger partial charge >= 0.3 is 0 Å². The summed E-state index contributed by atoms with van der Waals surface area (Å²) in [6.45, 7) is 4.32. The first-order chi connectivity index (χ1) is 11.4. The van der Waals surface area contributed by atoms with Crippen LogP contribution in [0.2, 0.25) is 0 Å². The van der Waals surface area contributed by atoms with E-state index in [2.05, 4.69) is 76.0 Å². The van der Waals surface area contributed by atoms with Crippen molar-refractivity contribution in [2.24, 2.45) is 0 Å². The monoisotopic (exact) mass is 305 g/mol. The van der Waals surface area contributed by atoms with Crippen molar-refractivity contribution in [2.75, 3.05) is 13.1 Å². The molecule has 2 N–H and O–H groups in total. The van der Waals surface area contributed by atoms with Crippen LogP contribution in [0.1, 0.15) is 17.5 Å². The molecule has 4 rings (SSSR count). The Hall–Kier alpha value is -2.10. The SMILES string of the molecule is c1ccc(CN2CC[C@H](NCc3c[nH]c4ccccc34)C2)cc1. The van der Waals surface area contributed by atoms with Gasteiger partial charge in [0.25, 0.3) is 0 Å². The molecule has 118 valence electrons. The fourth-order valence-electron chi connectivity index (χ4n) is 3.52. The summed E-state index contributed by atoms with van der Waals surface area (Å²) in [5.41, 5.74) is 3.99. The molecule has 0 aliphatic carbocycles. The highest BCUT2D eigenvalue weighted by Crippen LogP contribution is 2.19. The van der Waals surface area contributed by atoms with E-state index in [1.807, 2.05) is 0 Å². The largest absolute Gasteiger partial charge is 0.361 e. The number of hydrogen-bond donors (Lipinski definition) is 2. The van der Waals surface area contributed by atoms with E-state index in [4.69, 9.17) is 0 Å². The minimum atomic E-state index is 0.590. The minimum absolute atomic E-state index is 0.590.